The highest BCUT2D eigenvalue weighted by atomic mass is 16.4. The van der Waals surface area contributed by atoms with Gasteiger partial charge in [0.15, 0.2) is 0 Å². The van der Waals surface area contributed by atoms with Crippen molar-refractivity contribution in [3.05, 3.63) is 0 Å². The highest BCUT2D eigenvalue weighted by Crippen LogP contribution is 2.35. The van der Waals surface area contributed by atoms with Crippen LogP contribution in [-0.4, -0.2) is 41.1 Å². The largest absolute Gasteiger partial charge is 0.481 e. The summed E-state index contributed by atoms with van der Waals surface area (Å²) in [6.45, 7) is 3.04. The van der Waals surface area contributed by atoms with Gasteiger partial charge in [0.2, 0.25) is 0 Å². The SMILES string of the molecule is CCCC(CNC(=O)N1CCC2CCCCC21)C(=O)O. The highest BCUT2D eigenvalue weighted by Gasteiger charge is 2.38. The Morgan fingerprint density at radius 1 is 1.30 bits per heavy atom. The first kappa shape index (κ1) is 15.1. The summed E-state index contributed by atoms with van der Waals surface area (Å²) in [5, 5.41) is 11.9. The number of carboxylic acid groups (broad SMARTS) is 1. The maximum Gasteiger partial charge on any atom is 0.317 e. The van der Waals surface area contributed by atoms with Gasteiger partial charge < -0.3 is 15.3 Å². The van der Waals surface area contributed by atoms with Crippen LogP contribution < -0.4 is 5.32 Å². The van der Waals surface area contributed by atoms with Crippen molar-refractivity contribution in [2.24, 2.45) is 11.8 Å². The molecule has 1 saturated heterocycles. The van der Waals surface area contributed by atoms with Crippen LogP contribution in [0.5, 0.6) is 0 Å². The molecule has 0 aromatic carbocycles. The third kappa shape index (κ3) is 3.44. The van der Waals surface area contributed by atoms with Crippen LogP contribution >= 0.6 is 0 Å². The Labute approximate surface area is 120 Å². The van der Waals surface area contributed by atoms with E-state index in [-0.39, 0.29) is 12.6 Å². The van der Waals surface area contributed by atoms with Gasteiger partial charge in [-0.3, -0.25) is 4.79 Å². The zero-order valence-corrected chi connectivity index (χ0v) is 12.3. The van der Waals surface area contributed by atoms with Crippen LogP contribution in [0.3, 0.4) is 0 Å². The van der Waals surface area contributed by atoms with Gasteiger partial charge in [0.25, 0.3) is 0 Å². The number of amides is 2. The van der Waals surface area contributed by atoms with Gasteiger partial charge in [-0.25, -0.2) is 4.79 Å². The molecule has 1 heterocycles. The van der Waals surface area contributed by atoms with Crippen molar-refractivity contribution in [1.82, 2.24) is 10.2 Å². The molecule has 3 unspecified atom stereocenters. The lowest BCUT2D eigenvalue weighted by molar-refractivity contribution is -0.141. The van der Waals surface area contributed by atoms with Crippen molar-refractivity contribution in [3.63, 3.8) is 0 Å². The van der Waals surface area contributed by atoms with Crippen molar-refractivity contribution in [2.75, 3.05) is 13.1 Å². The van der Waals surface area contributed by atoms with E-state index in [1.807, 2.05) is 11.8 Å². The fourth-order valence-electron chi connectivity index (χ4n) is 3.63. The summed E-state index contributed by atoms with van der Waals surface area (Å²) >= 11 is 0. The number of rotatable bonds is 5. The van der Waals surface area contributed by atoms with Gasteiger partial charge in [-0.15, -0.1) is 0 Å². The van der Waals surface area contributed by atoms with E-state index in [1.165, 1.54) is 19.3 Å². The normalized spacial score (nSPS) is 26.9. The first-order valence-corrected chi connectivity index (χ1v) is 7.90. The highest BCUT2D eigenvalue weighted by molar-refractivity contribution is 5.76. The first-order valence-electron chi connectivity index (χ1n) is 7.90. The topological polar surface area (TPSA) is 69.6 Å². The van der Waals surface area contributed by atoms with Gasteiger partial charge >= 0.3 is 12.0 Å². The van der Waals surface area contributed by atoms with Crippen LogP contribution in [0.15, 0.2) is 0 Å². The number of carbonyl (C=O) groups excluding carboxylic acids is 1. The van der Waals surface area contributed by atoms with E-state index < -0.39 is 11.9 Å². The Morgan fingerprint density at radius 2 is 2.05 bits per heavy atom. The maximum atomic E-state index is 12.3. The van der Waals surface area contributed by atoms with E-state index in [1.54, 1.807) is 0 Å². The second-order valence-corrected chi connectivity index (χ2v) is 6.10. The Hall–Kier alpha value is -1.26. The van der Waals surface area contributed by atoms with Crippen LogP contribution in [0.25, 0.3) is 0 Å². The fraction of sp³-hybridized carbons (Fsp3) is 0.867. The molecular weight excluding hydrogens is 256 g/mol. The van der Waals surface area contributed by atoms with E-state index in [0.29, 0.717) is 18.4 Å². The molecule has 0 radical (unpaired) electrons. The molecule has 20 heavy (non-hydrogen) atoms. The molecule has 2 aliphatic rings. The van der Waals surface area contributed by atoms with Crippen molar-refractivity contribution in [3.8, 4) is 0 Å². The van der Waals surface area contributed by atoms with Gasteiger partial charge in [0.05, 0.1) is 5.92 Å². The average Bonchev–Trinajstić information content (AvgIpc) is 2.86. The minimum atomic E-state index is -0.816. The van der Waals surface area contributed by atoms with Gasteiger partial charge in [-0.1, -0.05) is 26.2 Å². The molecule has 1 saturated carbocycles. The lowest BCUT2D eigenvalue weighted by Crippen LogP contribution is -2.46. The molecule has 0 aromatic heterocycles. The summed E-state index contributed by atoms with van der Waals surface area (Å²) < 4.78 is 0. The summed E-state index contributed by atoms with van der Waals surface area (Å²) in [4.78, 5) is 25.3. The minimum Gasteiger partial charge on any atom is -0.481 e. The van der Waals surface area contributed by atoms with Crippen LogP contribution in [0.2, 0.25) is 0 Å². The number of hydrogen-bond donors (Lipinski definition) is 2. The number of likely N-dealkylation sites (tertiary alicyclic amines) is 1. The molecule has 2 fully saturated rings. The summed E-state index contributed by atoms with van der Waals surface area (Å²) in [7, 11) is 0. The zero-order valence-electron chi connectivity index (χ0n) is 12.3. The molecule has 114 valence electrons. The van der Waals surface area contributed by atoms with Gasteiger partial charge in [-0.2, -0.15) is 0 Å². The van der Waals surface area contributed by atoms with Gasteiger partial charge in [0.1, 0.15) is 0 Å². The van der Waals surface area contributed by atoms with Crippen LogP contribution in [0.4, 0.5) is 4.79 Å². The molecule has 2 rings (SSSR count). The molecule has 5 heteroatoms. The number of nitrogens with one attached hydrogen (secondary N) is 1. The lowest BCUT2D eigenvalue weighted by Gasteiger charge is -2.31. The average molecular weight is 282 g/mol. The number of fused-ring (bicyclic) bond motifs is 1. The Bertz CT molecular complexity index is 359. The quantitative estimate of drug-likeness (QED) is 0.813. The second kappa shape index (κ2) is 6.95. The van der Waals surface area contributed by atoms with Crippen molar-refractivity contribution in [2.45, 2.75) is 57.9 Å². The predicted molar refractivity (Wildman–Crippen MR) is 76.5 cm³/mol. The standard InChI is InChI=1S/C15H26N2O3/c1-2-5-12(14(18)19)10-16-15(20)17-9-8-11-6-3-4-7-13(11)17/h11-13H,2-10H2,1H3,(H,16,20)(H,18,19). The number of carbonyl (C=O) groups is 2. The number of hydrogen-bond acceptors (Lipinski definition) is 2. The summed E-state index contributed by atoms with van der Waals surface area (Å²) in [5.74, 6) is -0.613. The molecule has 2 N–H and O–H groups in total. The van der Waals surface area contributed by atoms with E-state index in [9.17, 15) is 9.59 Å². The third-order valence-electron chi connectivity index (χ3n) is 4.76. The number of aliphatic carboxylic acids is 1. The van der Waals surface area contributed by atoms with Crippen molar-refractivity contribution >= 4 is 12.0 Å². The van der Waals surface area contributed by atoms with E-state index >= 15 is 0 Å². The smallest absolute Gasteiger partial charge is 0.317 e. The van der Waals surface area contributed by atoms with Crippen molar-refractivity contribution < 1.29 is 14.7 Å². The Kier molecular flexibility index (Phi) is 5.26. The van der Waals surface area contributed by atoms with Crippen LogP contribution in [0.1, 0.15) is 51.9 Å². The molecular formula is C15H26N2O3. The van der Waals surface area contributed by atoms with Crippen LogP contribution in [-0.2, 0) is 4.79 Å². The molecule has 0 bridgehead atoms. The van der Waals surface area contributed by atoms with Gasteiger partial charge in [0, 0.05) is 19.1 Å². The first-order chi connectivity index (χ1) is 9.63. The van der Waals surface area contributed by atoms with E-state index in [4.69, 9.17) is 5.11 Å². The van der Waals surface area contributed by atoms with Crippen molar-refractivity contribution in [1.29, 1.82) is 0 Å². The third-order valence-corrected chi connectivity index (χ3v) is 4.76. The zero-order chi connectivity index (χ0) is 14.5. The van der Waals surface area contributed by atoms with Gasteiger partial charge in [-0.05, 0) is 31.6 Å². The lowest BCUT2D eigenvalue weighted by atomic mass is 9.85. The minimum absolute atomic E-state index is 0.0678. The molecule has 0 aromatic rings. The summed E-state index contributed by atoms with van der Waals surface area (Å²) in [6, 6.07) is 0.319. The molecule has 0 spiro atoms. The number of urea groups is 1. The summed E-state index contributed by atoms with van der Waals surface area (Å²) in [5.41, 5.74) is 0. The fourth-order valence-corrected chi connectivity index (χ4v) is 3.63. The molecule has 1 aliphatic heterocycles. The molecule has 2 amide bonds. The Morgan fingerprint density at radius 3 is 2.75 bits per heavy atom. The second-order valence-electron chi connectivity index (χ2n) is 6.10. The van der Waals surface area contributed by atoms with E-state index in [2.05, 4.69) is 5.32 Å². The molecule has 1 aliphatic carbocycles. The number of carboxylic acids is 1. The predicted octanol–water partition coefficient (Wildman–Crippen LogP) is 2.46. The molecule has 3 atom stereocenters. The maximum absolute atomic E-state index is 12.3. The summed E-state index contributed by atoms with van der Waals surface area (Å²) in [6.07, 6.45) is 7.38. The number of nitrogens with zero attached hydrogens (tertiary/aromatic N) is 1. The Balaban J connectivity index is 1.83. The van der Waals surface area contributed by atoms with E-state index in [0.717, 1.165) is 25.8 Å². The monoisotopic (exact) mass is 282 g/mol. The molecule has 5 nitrogen and oxygen atoms in total. The van der Waals surface area contributed by atoms with Crippen LogP contribution in [0, 0.1) is 11.8 Å².